The first-order valence-corrected chi connectivity index (χ1v) is 8.31. The molecule has 0 radical (unpaired) electrons. The zero-order valence-corrected chi connectivity index (χ0v) is 12.7. The molecular weight excluding hydrogens is 272 g/mol. The number of benzene rings is 2. The van der Waals surface area contributed by atoms with Crippen LogP contribution in [0, 0.1) is 0 Å². The predicted octanol–water partition coefficient (Wildman–Crippen LogP) is 2.17. The maximum absolute atomic E-state index is 12.1. The van der Waals surface area contributed by atoms with Gasteiger partial charge in [-0.05, 0) is 30.2 Å². The second-order valence-corrected chi connectivity index (χ2v) is 8.14. The average Bonchev–Trinajstić information content (AvgIpc) is 2.38. The number of hydrazine groups is 1. The minimum absolute atomic E-state index is 0.483. The van der Waals surface area contributed by atoms with Crippen molar-refractivity contribution in [3.63, 3.8) is 0 Å². The van der Waals surface area contributed by atoms with E-state index in [0.29, 0.717) is 0 Å². The number of sulfone groups is 1. The smallest absolute Gasteiger partial charge is 0.154 e. The highest BCUT2D eigenvalue weighted by molar-refractivity contribution is 7.92. The largest absolute Gasteiger partial charge is 0.271 e. The molecule has 108 valence electrons. The fourth-order valence-corrected chi connectivity index (χ4v) is 3.00. The van der Waals surface area contributed by atoms with Gasteiger partial charge in [0.05, 0.1) is 10.8 Å². The summed E-state index contributed by atoms with van der Waals surface area (Å²) in [7, 11) is -3.27. The molecule has 3 N–H and O–H groups in total. The van der Waals surface area contributed by atoms with Crippen molar-refractivity contribution in [2.24, 2.45) is 5.84 Å². The molecule has 2 aromatic rings. The van der Waals surface area contributed by atoms with Crippen LogP contribution in [0.5, 0.6) is 0 Å². The van der Waals surface area contributed by atoms with Crippen molar-refractivity contribution in [1.29, 1.82) is 0 Å². The van der Waals surface area contributed by atoms with Gasteiger partial charge in [0.25, 0.3) is 0 Å². The van der Waals surface area contributed by atoms with E-state index in [-0.39, 0.29) is 0 Å². The van der Waals surface area contributed by atoms with Gasteiger partial charge in [-0.25, -0.2) is 8.42 Å². The van der Waals surface area contributed by atoms with E-state index in [0.717, 1.165) is 16.3 Å². The first-order valence-electron chi connectivity index (χ1n) is 6.42. The summed E-state index contributed by atoms with van der Waals surface area (Å²) in [6.07, 6.45) is 1.24. The van der Waals surface area contributed by atoms with Gasteiger partial charge in [0, 0.05) is 6.26 Å². The van der Waals surface area contributed by atoms with E-state index in [1.54, 1.807) is 13.8 Å². The van der Waals surface area contributed by atoms with Crippen molar-refractivity contribution in [2.75, 3.05) is 6.26 Å². The number of fused-ring (bicyclic) bond motifs is 1. The van der Waals surface area contributed by atoms with Crippen molar-refractivity contribution < 1.29 is 8.42 Å². The van der Waals surface area contributed by atoms with Gasteiger partial charge in [0.2, 0.25) is 0 Å². The number of hydrogen-bond donors (Lipinski definition) is 2. The molecule has 0 aliphatic rings. The fraction of sp³-hybridized carbons (Fsp3) is 0.333. The zero-order chi connectivity index (χ0) is 15.0. The van der Waals surface area contributed by atoms with Crippen LogP contribution in [0.25, 0.3) is 10.8 Å². The van der Waals surface area contributed by atoms with Crippen LogP contribution in [-0.4, -0.2) is 19.4 Å². The lowest BCUT2D eigenvalue weighted by Crippen LogP contribution is -2.47. The summed E-state index contributed by atoms with van der Waals surface area (Å²) in [6, 6.07) is 13.2. The van der Waals surface area contributed by atoms with Gasteiger partial charge < -0.3 is 0 Å². The molecule has 5 heteroatoms. The Morgan fingerprint density at radius 1 is 1.10 bits per heavy atom. The third-order valence-electron chi connectivity index (χ3n) is 3.95. The Balaban J connectivity index is 2.68. The van der Waals surface area contributed by atoms with Crippen molar-refractivity contribution in [1.82, 2.24) is 5.43 Å². The third-order valence-corrected chi connectivity index (χ3v) is 6.10. The van der Waals surface area contributed by atoms with Crippen molar-refractivity contribution in [3.8, 4) is 0 Å². The molecule has 1 unspecified atom stereocenters. The lowest BCUT2D eigenvalue weighted by molar-refractivity contribution is 0.430. The van der Waals surface area contributed by atoms with Gasteiger partial charge in [0.15, 0.2) is 9.84 Å². The molecule has 0 fully saturated rings. The number of rotatable bonds is 4. The second-order valence-electron chi connectivity index (χ2n) is 5.54. The molecule has 0 aromatic heterocycles. The second kappa shape index (κ2) is 5.16. The van der Waals surface area contributed by atoms with Crippen LogP contribution in [0.1, 0.15) is 25.5 Å². The summed E-state index contributed by atoms with van der Waals surface area (Å²) in [4.78, 5) is 0. The number of nitrogens with two attached hydrogens (primary N) is 1. The van der Waals surface area contributed by atoms with Crippen molar-refractivity contribution in [2.45, 2.75) is 24.6 Å². The van der Waals surface area contributed by atoms with Crippen LogP contribution in [0.3, 0.4) is 0 Å². The van der Waals surface area contributed by atoms with Gasteiger partial charge in [-0.15, -0.1) is 0 Å². The van der Waals surface area contributed by atoms with E-state index in [4.69, 9.17) is 5.84 Å². The molecule has 0 aliphatic heterocycles. The Morgan fingerprint density at radius 3 is 2.30 bits per heavy atom. The first-order chi connectivity index (χ1) is 9.29. The SMILES string of the molecule is CC(C)(C(NN)c1cccc2ccccc12)S(C)(=O)=O. The highest BCUT2D eigenvalue weighted by atomic mass is 32.2. The summed E-state index contributed by atoms with van der Waals surface area (Å²) in [5, 5.41) is 2.07. The highest BCUT2D eigenvalue weighted by Crippen LogP contribution is 2.35. The van der Waals surface area contributed by atoms with Crippen LogP contribution in [0.15, 0.2) is 42.5 Å². The van der Waals surface area contributed by atoms with Gasteiger partial charge >= 0.3 is 0 Å². The number of nitrogens with one attached hydrogen (secondary N) is 1. The lowest BCUT2D eigenvalue weighted by Gasteiger charge is -2.33. The highest BCUT2D eigenvalue weighted by Gasteiger charge is 2.40. The molecule has 0 bridgehead atoms. The molecule has 20 heavy (non-hydrogen) atoms. The maximum Gasteiger partial charge on any atom is 0.154 e. The first kappa shape index (κ1) is 15.0. The molecule has 1 atom stereocenters. The molecule has 0 amide bonds. The maximum atomic E-state index is 12.1. The molecule has 2 rings (SSSR count). The molecule has 0 heterocycles. The Hall–Kier alpha value is -1.43. The Labute approximate surface area is 119 Å². The zero-order valence-electron chi connectivity index (χ0n) is 11.9. The normalized spacial score (nSPS) is 14.4. The average molecular weight is 292 g/mol. The van der Waals surface area contributed by atoms with E-state index >= 15 is 0 Å². The summed E-state index contributed by atoms with van der Waals surface area (Å²) in [5.74, 6) is 5.66. The van der Waals surface area contributed by atoms with E-state index in [9.17, 15) is 8.42 Å². The number of hydrogen-bond acceptors (Lipinski definition) is 4. The van der Waals surface area contributed by atoms with Crippen LogP contribution in [-0.2, 0) is 9.84 Å². The van der Waals surface area contributed by atoms with Gasteiger partial charge in [0.1, 0.15) is 0 Å². The molecule has 0 spiro atoms. The van der Waals surface area contributed by atoms with Crippen molar-refractivity contribution in [3.05, 3.63) is 48.0 Å². The summed E-state index contributed by atoms with van der Waals surface area (Å²) in [5.41, 5.74) is 3.57. The quantitative estimate of drug-likeness (QED) is 0.669. The monoisotopic (exact) mass is 292 g/mol. The third kappa shape index (κ3) is 2.44. The fourth-order valence-electron chi connectivity index (χ4n) is 2.38. The summed E-state index contributed by atoms with van der Waals surface area (Å²) >= 11 is 0. The van der Waals surface area contributed by atoms with Crippen molar-refractivity contribution >= 4 is 20.6 Å². The van der Waals surface area contributed by atoms with Crippen LogP contribution >= 0.6 is 0 Å². The van der Waals surface area contributed by atoms with Crippen LogP contribution in [0.2, 0.25) is 0 Å². The summed E-state index contributed by atoms with van der Waals surface area (Å²) < 4.78 is 23.1. The minimum atomic E-state index is -3.27. The minimum Gasteiger partial charge on any atom is -0.271 e. The Kier molecular flexibility index (Phi) is 3.86. The van der Waals surface area contributed by atoms with E-state index < -0.39 is 20.6 Å². The molecule has 2 aromatic carbocycles. The van der Waals surface area contributed by atoms with Crippen LogP contribution in [0.4, 0.5) is 0 Å². The summed E-state index contributed by atoms with van der Waals surface area (Å²) in [6.45, 7) is 3.38. The van der Waals surface area contributed by atoms with E-state index in [1.807, 2.05) is 42.5 Å². The van der Waals surface area contributed by atoms with Crippen LogP contribution < -0.4 is 11.3 Å². The van der Waals surface area contributed by atoms with Gasteiger partial charge in [-0.1, -0.05) is 42.5 Å². The molecular formula is C15H20N2O2S. The Bertz CT molecular complexity index is 718. The van der Waals surface area contributed by atoms with E-state index in [1.165, 1.54) is 6.26 Å². The molecule has 0 saturated heterocycles. The van der Waals surface area contributed by atoms with Gasteiger partial charge in [-0.2, -0.15) is 0 Å². The molecule has 0 saturated carbocycles. The molecule has 4 nitrogen and oxygen atoms in total. The molecule has 0 aliphatic carbocycles. The Morgan fingerprint density at radius 2 is 1.70 bits per heavy atom. The standard InChI is InChI=1S/C15H20N2O2S/c1-15(2,20(3,18)19)14(17-16)13-10-6-8-11-7-4-5-9-12(11)13/h4-10,14,17H,16H2,1-3H3. The lowest BCUT2D eigenvalue weighted by atomic mass is 9.91. The van der Waals surface area contributed by atoms with E-state index in [2.05, 4.69) is 5.43 Å². The van der Waals surface area contributed by atoms with Gasteiger partial charge in [-0.3, -0.25) is 11.3 Å². The topological polar surface area (TPSA) is 72.2 Å². The predicted molar refractivity (Wildman–Crippen MR) is 82.9 cm³/mol.